The van der Waals surface area contributed by atoms with Gasteiger partial charge in [0, 0.05) is 25.7 Å². The highest BCUT2D eigenvalue weighted by Crippen LogP contribution is 2.17. The Labute approximate surface area is 83.8 Å². The number of nitriles is 1. The zero-order valence-corrected chi connectivity index (χ0v) is 8.56. The molecular formula is C10H14N4. The molecule has 0 unspecified atom stereocenters. The molecule has 0 atom stereocenters. The van der Waals surface area contributed by atoms with Crippen LogP contribution in [0.5, 0.6) is 0 Å². The molecule has 1 aliphatic heterocycles. The van der Waals surface area contributed by atoms with E-state index in [1.807, 2.05) is 0 Å². The van der Waals surface area contributed by atoms with Gasteiger partial charge in [-0.15, -0.1) is 0 Å². The van der Waals surface area contributed by atoms with Gasteiger partial charge < -0.3 is 4.57 Å². The van der Waals surface area contributed by atoms with Crippen molar-refractivity contribution in [1.82, 2.24) is 14.5 Å². The van der Waals surface area contributed by atoms with Crippen LogP contribution in [-0.4, -0.2) is 27.0 Å². The van der Waals surface area contributed by atoms with Gasteiger partial charge in [0.1, 0.15) is 6.07 Å². The Kier molecular flexibility index (Phi) is 2.26. The van der Waals surface area contributed by atoms with E-state index in [9.17, 15) is 0 Å². The Morgan fingerprint density at radius 3 is 2.93 bits per heavy atom. The highest BCUT2D eigenvalue weighted by Gasteiger charge is 2.21. The Bertz CT molecular complexity index is 372. The van der Waals surface area contributed by atoms with Crippen LogP contribution in [0.15, 0.2) is 6.33 Å². The molecule has 14 heavy (non-hydrogen) atoms. The first-order valence-corrected chi connectivity index (χ1v) is 4.90. The van der Waals surface area contributed by atoms with Gasteiger partial charge in [0.2, 0.25) is 0 Å². The molecule has 0 saturated heterocycles. The van der Waals surface area contributed by atoms with Crippen molar-refractivity contribution in [2.24, 2.45) is 0 Å². The van der Waals surface area contributed by atoms with E-state index in [4.69, 9.17) is 5.26 Å². The number of fused-ring (bicyclic) bond motifs is 1. The zero-order chi connectivity index (χ0) is 10.1. The van der Waals surface area contributed by atoms with Crippen LogP contribution in [0.25, 0.3) is 0 Å². The number of hydrogen-bond acceptors (Lipinski definition) is 3. The molecule has 0 bridgehead atoms. The predicted octanol–water partition coefficient (Wildman–Crippen LogP) is 0.979. The lowest BCUT2D eigenvalue weighted by Gasteiger charge is -2.31. The van der Waals surface area contributed by atoms with E-state index >= 15 is 0 Å². The molecule has 1 aromatic rings. The number of aromatic nitrogens is 2. The van der Waals surface area contributed by atoms with Crippen molar-refractivity contribution in [2.75, 3.05) is 6.54 Å². The molecule has 2 rings (SSSR count). The second-order valence-corrected chi connectivity index (χ2v) is 3.91. The number of imidazole rings is 1. The summed E-state index contributed by atoms with van der Waals surface area (Å²) in [6, 6.07) is 2.67. The summed E-state index contributed by atoms with van der Waals surface area (Å²) in [5.74, 6) is 0. The number of hydrogen-bond donors (Lipinski definition) is 0. The third-order valence-corrected chi connectivity index (χ3v) is 2.76. The Morgan fingerprint density at radius 2 is 2.29 bits per heavy atom. The average molecular weight is 190 g/mol. The third kappa shape index (κ3) is 1.40. The molecule has 1 aliphatic rings. The fourth-order valence-corrected chi connectivity index (χ4v) is 1.81. The summed E-state index contributed by atoms with van der Waals surface area (Å²) in [7, 11) is 0. The summed E-state index contributed by atoms with van der Waals surface area (Å²) >= 11 is 0. The standard InChI is InChI=1S/C10H14N4/c1-8(2)13-3-4-14-7-12-9(5-11)10(14)6-13/h7-8H,3-4,6H2,1-2H3. The van der Waals surface area contributed by atoms with Crippen molar-refractivity contribution in [3.05, 3.63) is 17.7 Å². The lowest BCUT2D eigenvalue weighted by molar-refractivity contribution is 0.177. The molecular weight excluding hydrogens is 176 g/mol. The van der Waals surface area contributed by atoms with Gasteiger partial charge in [-0.25, -0.2) is 4.98 Å². The van der Waals surface area contributed by atoms with Crippen molar-refractivity contribution in [3.8, 4) is 6.07 Å². The van der Waals surface area contributed by atoms with Gasteiger partial charge in [-0.3, -0.25) is 4.90 Å². The van der Waals surface area contributed by atoms with Gasteiger partial charge in [-0.1, -0.05) is 0 Å². The predicted molar refractivity (Wildman–Crippen MR) is 52.5 cm³/mol. The molecule has 0 N–H and O–H groups in total. The van der Waals surface area contributed by atoms with Crippen LogP contribution in [0, 0.1) is 11.3 Å². The van der Waals surface area contributed by atoms with Gasteiger partial charge >= 0.3 is 0 Å². The van der Waals surface area contributed by atoms with Crippen LogP contribution in [0.2, 0.25) is 0 Å². The van der Waals surface area contributed by atoms with Crippen molar-refractivity contribution in [3.63, 3.8) is 0 Å². The molecule has 4 nitrogen and oxygen atoms in total. The Morgan fingerprint density at radius 1 is 1.50 bits per heavy atom. The van der Waals surface area contributed by atoms with E-state index in [1.54, 1.807) is 6.33 Å². The first-order valence-electron chi connectivity index (χ1n) is 4.90. The first kappa shape index (κ1) is 9.22. The van der Waals surface area contributed by atoms with Gasteiger partial charge in [0.25, 0.3) is 0 Å². The fourth-order valence-electron chi connectivity index (χ4n) is 1.81. The largest absolute Gasteiger partial charge is 0.331 e. The molecule has 0 aromatic carbocycles. The topological polar surface area (TPSA) is 44.9 Å². The minimum atomic E-state index is 0.533. The van der Waals surface area contributed by atoms with Crippen LogP contribution in [0.1, 0.15) is 25.2 Å². The van der Waals surface area contributed by atoms with Crippen molar-refractivity contribution in [2.45, 2.75) is 33.0 Å². The summed E-state index contributed by atoms with van der Waals surface area (Å²) in [4.78, 5) is 6.44. The monoisotopic (exact) mass is 190 g/mol. The quantitative estimate of drug-likeness (QED) is 0.663. The number of nitrogens with zero attached hydrogens (tertiary/aromatic N) is 4. The molecule has 4 heteroatoms. The summed E-state index contributed by atoms with van der Waals surface area (Å²) in [5, 5.41) is 8.86. The van der Waals surface area contributed by atoms with E-state index in [2.05, 4.69) is 34.4 Å². The summed E-state index contributed by atoms with van der Waals surface area (Å²) < 4.78 is 2.08. The highest BCUT2D eigenvalue weighted by molar-refractivity contribution is 5.27. The van der Waals surface area contributed by atoms with Gasteiger partial charge in [-0.2, -0.15) is 5.26 Å². The SMILES string of the molecule is CC(C)N1CCn2cnc(C#N)c2C1. The van der Waals surface area contributed by atoms with E-state index in [1.165, 1.54) is 0 Å². The van der Waals surface area contributed by atoms with E-state index in [-0.39, 0.29) is 0 Å². The lowest BCUT2D eigenvalue weighted by Crippen LogP contribution is -2.38. The molecule has 0 spiro atoms. The summed E-state index contributed by atoms with van der Waals surface area (Å²) in [6.45, 7) is 7.20. The lowest BCUT2D eigenvalue weighted by atomic mass is 10.2. The van der Waals surface area contributed by atoms with Crippen molar-refractivity contribution in [1.29, 1.82) is 5.26 Å². The summed E-state index contributed by atoms with van der Waals surface area (Å²) in [5.41, 5.74) is 1.64. The van der Waals surface area contributed by atoms with Crippen LogP contribution in [0.4, 0.5) is 0 Å². The summed E-state index contributed by atoms with van der Waals surface area (Å²) in [6.07, 6.45) is 1.77. The maximum Gasteiger partial charge on any atom is 0.162 e. The Balaban J connectivity index is 2.28. The van der Waals surface area contributed by atoms with Crippen LogP contribution in [0.3, 0.4) is 0 Å². The minimum absolute atomic E-state index is 0.533. The molecule has 2 heterocycles. The molecule has 0 saturated carbocycles. The molecule has 0 fully saturated rings. The van der Waals surface area contributed by atoms with E-state index in [0.29, 0.717) is 11.7 Å². The fraction of sp³-hybridized carbons (Fsp3) is 0.600. The molecule has 74 valence electrons. The normalized spacial score (nSPS) is 16.7. The van der Waals surface area contributed by atoms with Gasteiger partial charge in [0.05, 0.1) is 12.0 Å². The third-order valence-electron chi connectivity index (χ3n) is 2.76. The van der Waals surface area contributed by atoms with Crippen LogP contribution in [-0.2, 0) is 13.1 Å². The molecule has 0 amide bonds. The second-order valence-electron chi connectivity index (χ2n) is 3.91. The Hall–Kier alpha value is -1.34. The van der Waals surface area contributed by atoms with Gasteiger partial charge in [0.15, 0.2) is 5.69 Å². The molecule has 0 aliphatic carbocycles. The van der Waals surface area contributed by atoms with E-state index < -0.39 is 0 Å². The van der Waals surface area contributed by atoms with E-state index in [0.717, 1.165) is 25.3 Å². The average Bonchev–Trinajstić information content (AvgIpc) is 2.59. The van der Waals surface area contributed by atoms with Gasteiger partial charge in [-0.05, 0) is 13.8 Å². The first-order chi connectivity index (χ1) is 6.72. The zero-order valence-electron chi connectivity index (χ0n) is 8.56. The van der Waals surface area contributed by atoms with Crippen molar-refractivity contribution < 1.29 is 0 Å². The smallest absolute Gasteiger partial charge is 0.162 e. The molecule has 1 aromatic heterocycles. The highest BCUT2D eigenvalue weighted by atomic mass is 15.2. The van der Waals surface area contributed by atoms with Crippen molar-refractivity contribution >= 4 is 0 Å². The van der Waals surface area contributed by atoms with Crippen LogP contribution >= 0.6 is 0 Å². The maximum absolute atomic E-state index is 8.86. The van der Waals surface area contributed by atoms with Crippen LogP contribution < -0.4 is 0 Å². The second kappa shape index (κ2) is 3.43. The molecule has 0 radical (unpaired) electrons. The maximum atomic E-state index is 8.86. The minimum Gasteiger partial charge on any atom is -0.331 e. The number of rotatable bonds is 1.